The highest BCUT2D eigenvalue weighted by atomic mass is 35.5. The van der Waals surface area contributed by atoms with E-state index in [1.807, 2.05) is 31.3 Å². The van der Waals surface area contributed by atoms with Crippen molar-refractivity contribution in [2.45, 2.75) is 12.5 Å². The molecular formula is C19H20ClFN2O2. The summed E-state index contributed by atoms with van der Waals surface area (Å²) in [6.45, 7) is 1.67. The second-order valence-corrected chi connectivity index (χ2v) is 6.67. The third-order valence-corrected chi connectivity index (χ3v) is 4.68. The lowest BCUT2D eigenvalue weighted by Gasteiger charge is -2.22. The number of anilines is 1. The lowest BCUT2D eigenvalue weighted by atomic mass is 10.0. The second kappa shape index (κ2) is 7.42. The molecule has 0 aliphatic carbocycles. The number of hydrogen-bond donors (Lipinski definition) is 0. The summed E-state index contributed by atoms with van der Waals surface area (Å²) in [5.74, 6) is -0.471. The van der Waals surface area contributed by atoms with E-state index in [2.05, 4.69) is 4.90 Å². The van der Waals surface area contributed by atoms with Crippen LogP contribution in [0.15, 0.2) is 42.5 Å². The number of likely N-dealkylation sites (tertiary alicyclic amines) is 1. The molecular weight excluding hydrogens is 343 g/mol. The Morgan fingerprint density at radius 1 is 1.32 bits per heavy atom. The number of ether oxygens (including phenoxy) is 1. The number of halogens is 2. The first-order valence-corrected chi connectivity index (χ1v) is 8.51. The smallest absolute Gasteiger partial charge is 0.414 e. The zero-order valence-corrected chi connectivity index (χ0v) is 15.0. The monoisotopic (exact) mass is 362 g/mol. The summed E-state index contributed by atoms with van der Waals surface area (Å²) in [5.41, 5.74) is 2.20. The van der Waals surface area contributed by atoms with E-state index in [1.165, 1.54) is 11.0 Å². The Balaban J connectivity index is 1.84. The van der Waals surface area contributed by atoms with E-state index in [0.29, 0.717) is 5.69 Å². The molecule has 2 aromatic rings. The van der Waals surface area contributed by atoms with Crippen LogP contribution in [-0.4, -0.2) is 44.3 Å². The predicted molar refractivity (Wildman–Crippen MR) is 97.6 cm³/mol. The molecule has 0 unspecified atom stereocenters. The molecule has 1 aliphatic heterocycles. The maximum absolute atomic E-state index is 13.4. The molecule has 0 spiro atoms. The van der Waals surface area contributed by atoms with Crippen molar-refractivity contribution in [1.29, 1.82) is 0 Å². The topological polar surface area (TPSA) is 32.8 Å². The highest BCUT2D eigenvalue weighted by Crippen LogP contribution is 2.33. The molecule has 2 aromatic carbocycles. The lowest BCUT2D eigenvalue weighted by Crippen LogP contribution is -2.32. The molecule has 0 radical (unpaired) electrons. The average molecular weight is 363 g/mol. The molecule has 1 saturated heterocycles. The van der Waals surface area contributed by atoms with Gasteiger partial charge in [-0.1, -0.05) is 35.9 Å². The minimum atomic E-state index is -0.471. The number of benzene rings is 2. The molecule has 132 valence electrons. The Labute approximate surface area is 151 Å². The van der Waals surface area contributed by atoms with Crippen molar-refractivity contribution >= 4 is 23.4 Å². The fraction of sp³-hybridized carbons (Fsp3) is 0.316. The van der Waals surface area contributed by atoms with Crippen molar-refractivity contribution in [2.75, 3.05) is 32.1 Å². The molecule has 1 fully saturated rings. The number of carbonyl (C=O) groups is 1. The van der Waals surface area contributed by atoms with Crippen LogP contribution in [-0.2, 0) is 4.74 Å². The van der Waals surface area contributed by atoms with Gasteiger partial charge in [-0.25, -0.2) is 9.18 Å². The van der Waals surface area contributed by atoms with Crippen LogP contribution in [0.3, 0.4) is 0 Å². The van der Waals surface area contributed by atoms with Gasteiger partial charge in [-0.3, -0.25) is 4.90 Å². The molecule has 0 bridgehead atoms. The van der Waals surface area contributed by atoms with Gasteiger partial charge in [-0.15, -0.1) is 0 Å². The first kappa shape index (κ1) is 17.7. The molecule has 1 amide bonds. The van der Waals surface area contributed by atoms with Crippen LogP contribution in [0.25, 0.3) is 11.1 Å². The minimum absolute atomic E-state index is 0.0477. The van der Waals surface area contributed by atoms with E-state index in [0.717, 1.165) is 30.6 Å². The van der Waals surface area contributed by atoms with Gasteiger partial charge in [0, 0.05) is 25.7 Å². The van der Waals surface area contributed by atoms with Crippen molar-refractivity contribution in [3.8, 4) is 11.1 Å². The molecule has 0 saturated carbocycles. The number of rotatable bonds is 3. The SMILES string of the molecule is CN1CC[C@H](OC(=O)N(C)c2ccccc2-c2ccc(F)c(Cl)c2)C1. The molecule has 3 rings (SSSR count). The first-order valence-electron chi connectivity index (χ1n) is 8.13. The van der Waals surface area contributed by atoms with Gasteiger partial charge < -0.3 is 9.64 Å². The zero-order valence-electron chi connectivity index (χ0n) is 14.2. The van der Waals surface area contributed by atoms with Crippen LogP contribution in [0.2, 0.25) is 5.02 Å². The van der Waals surface area contributed by atoms with E-state index in [1.54, 1.807) is 19.2 Å². The second-order valence-electron chi connectivity index (χ2n) is 6.26. The Morgan fingerprint density at radius 3 is 2.76 bits per heavy atom. The number of hydrogen-bond acceptors (Lipinski definition) is 3. The fourth-order valence-electron chi connectivity index (χ4n) is 2.98. The van der Waals surface area contributed by atoms with Crippen molar-refractivity contribution in [1.82, 2.24) is 4.90 Å². The Hall–Kier alpha value is -2.11. The molecule has 6 heteroatoms. The molecule has 4 nitrogen and oxygen atoms in total. The van der Waals surface area contributed by atoms with Crippen LogP contribution in [0.4, 0.5) is 14.9 Å². The third kappa shape index (κ3) is 3.94. The first-order chi connectivity index (χ1) is 12.0. The maximum Gasteiger partial charge on any atom is 0.414 e. The van der Waals surface area contributed by atoms with Crippen LogP contribution in [0, 0.1) is 5.82 Å². The summed E-state index contributed by atoms with van der Waals surface area (Å²) in [6, 6.07) is 11.9. The molecule has 1 aliphatic rings. The average Bonchev–Trinajstić information content (AvgIpc) is 3.01. The number of amides is 1. The summed E-state index contributed by atoms with van der Waals surface area (Å²) in [6.07, 6.45) is 0.346. The normalized spacial score (nSPS) is 17.5. The van der Waals surface area contributed by atoms with E-state index in [4.69, 9.17) is 16.3 Å². The van der Waals surface area contributed by atoms with Crippen molar-refractivity contribution < 1.29 is 13.9 Å². The van der Waals surface area contributed by atoms with E-state index >= 15 is 0 Å². The van der Waals surface area contributed by atoms with E-state index in [-0.39, 0.29) is 11.1 Å². The van der Waals surface area contributed by atoms with Crippen LogP contribution < -0.4 is 4.90 Å². The van der Waals surface area contributed by atoms with Crippen molar-refractivity contribution in [3.05, 3.63) is 53.3 Å². The molecule has 1 heterocycles. The molecule has 0 aromatic heterocycles. The number of nitrogens with zero attached hydrogens (tertiary/aromatic N) is 2. The standard InChI is InChI=1S/C19H20ClFN2O2/c1-22-10-9-14(12-22)25-19(24)23(2)18-6-4-3-5-15(18)13-7-8-17(21)16(20)11-13/h3-8,11,14H,9-10,12H2,1-2H3/t14-/m0/s1. The predicted octanol–water partition coefficient (Wildman–Crippen LogP) is 4.42. The largest absolute Gasteiger partial charge is 0.444 e. The van der Waals surface area contributed by atoms with Crippen LogP contribution in [0.1, 0.15) is 6.42 Å². The summed E-state index contributed by atoms with van der Waals surface area (Å²) in [7, 11) is 3.68. The number of para-hydroxylation sites is 1. The Bertz CT molecular complexity index is 784. The van der Waals surface area contributed by atoms with E-state index < -0.39 is 11.9 Å². The van der Waals surface area contributed by atoms with Gasteiger partial charge in [0.1, 0.15) is 11.9 Å². The van der Waals surface area contributed by atoms with Gasteiger partial charge in [0.05, 0.1) is 10.7 Å². The fourth-order valence-corrected chi connectivity index (χ4v) is 3.17. The molecule has 25 heavy (non-hydrogen) atoms. The highest BCUT2D eigenvalue weighted by molar-refractivity contribution is 6.31. The van der Waals surface area contributed by atoms with Gasteiger partial charge in [0.2, 0.25) is 0 Å². The zero-order chi connectivity index (χ0) is 18.0. The summed E-state index contributed by atoms with van der Waals surface area (Å²) >= 11 is 5.90. The van der Waals surface area contributed by atoms with Crippen molar-refractivity contribution in [3.63, 3.8) is 0 Å². The number of carbonyl (C=O) groups excluding carboxylic acids is 1. The lowest BCUT2D eigenvalue weighted by molar-refractivity contribution is 0.110. The molecule has 1 atom stereocenters. The van der Waals surface area contributed by atoms with Gasteiger partial charge in [-0.05, 0) is 37.2 Å². The van der Waals surface area contributed by atoms with Crippen LogP contribution >= 0.6 is 11.6 Å². The number of likely N-dealkylation sites (N-methyl/N-ethyl adjacent to an activating group) is 1. The van der Waals surface area contributed by atoms with Gasteiger partial charge >= 0.3 is 6.09 Å². The van der Waals surface area contributed by atoms with Crippen LogP contribution in [0.5, 0.6) is 0 Å². The molecule has 0 N–H and O–H groups in total. The summed E-state index contributed by atoms with van der Waals surface area (Å²) in [4.78, 5) is 16.1. The summed E-state index contributed by atoms with van der Waals surface area (Å²) < 4.78 is 19.0. The maximum atomic E-state index is 13.4. The quantitative estimate of drug-likeness (QED) is 0.810. The summed E-state index contributed by atoms with van der Waals surface area (Å²) in [5, 5.41) is 0.0477. The Morgan fingerprint density at radius 2 is 2.08 bits per heavy atom. The van der Waals surface area contributed by atoms with Crippen molar-refractivity contribution in [2.24, 2.45) is 0 Å². The van der Waals surface area contributed by atoms with Gasteiger partial charge in [0.15, 0.2) is 0 Å². The van der Waals surface area contributed by atoms with Gasteiger partial charge in [-0.2, -0.15) is 0 Å². The third-order valence-electron chi connectivity index (χ3n) is 4.39. The highest BCUT2D eigenvalue weighted by Gasteiger charge is 2.25. The van der Waals surface area contributed by atoms with Gasteiger partial charge in [0.25, 0.3) is 0 Å². The van der Waals surface area contributed by atoms with E-state index in [9.17, 15) is 9.18 Å². The Kier molecular flexibility index (Phi) is 5.25. The minimum Gasteiger partial charge on any atom is -0.444 e.